The quantitative estimate of drug-likeness (QED) is 0.786. The third kappa shape index (κ3) is 1.89. The van der Waals surface area contributed by atoms with E-state index in [1.54, 1.807) is 19.0 Å². The van der Waals surface area contributed by atoms with E-state index < -0.39 is 5.97 Å². The molecule has 1 aromatic heterocycles. The summed E-state index contributed by atoms with van der Waals surface area (Å²) in [6.07, 6.45) is 1.48. The highest BCUT2D eigenvalue weighted by molar-refractivity contribution is 6.34. The smallest absolute Gasteiger partial charge is 0.341 e. The highest BCUT2D eigenvalue weighted by Gasteiger charge is 2.16. The van der Waals surface area contributed by atoms with Crippen LogP contribution in [0.15, 0.2) is 12.3 Å². The zero-order chi connectivity index (χ0) is 10.0. The lowest BCUT2D eigenvalue weighted by atomic mass is 10.2. The van der Waals surface area contributed by atoms with Gasteiger partial charge in [-0.15, -0.1) is 0 Å². The van der Waals surface area contributed by atoms with Crippen LogP contribution in [-0.2, 0) is 0 Å². The van der Waals surface area contributed by atoms with Crippen LogP contribution in [0.1, 0.15) is 10.4 Å². The predicted molar refractivity (Wildman–Crippen MR) is 50.5 cm³/mol. The number of nitrogens with zero attached hydrogens (tertiary/aromatic N) is 2. The SMILES string of the molecule is CN(C)c1nccc(Cl)c1C(=O)O. The maximum atomic E-state index is 10.8. The minimum absolute atomic E-state index is 0.0363. The lowest BCUT2D eigenvalue weighted by molar-refractivity contribution is 0.0697. The summed E-state index contributed by atoms with van der Waals surface area (Å²) in [7, 11) is 3.43. The molecule has 1 rings (SSSR count). The molecule has 0 radical (unpaired) electrons. The van der Waals surface area contributed by atoms with E-state index >= 15 is 0 Å². The summed E-state index contributed by atoms with van der Waals surface area (Å²) in [4.78, 5) is 16.3. The summed E-state index contributed by atoms with van der Waals surface area (Å²) in [6, 6.07) is 1.46. The Labute approximate surface area is 80.8 Å². The highest BCUT2D eigenvalue weighted by atomic mass is 35.5. The van der Waals surface area contributed by atoms with E-state index in [1.807, 2.05) is 0 Å². The number of carboxylic acids is 1. The Morgan fingerprint density at radius 3 is 2.62 bits per heavy atom. The van der Waals surface area contributed by atoms with Crippen LogP contribution in [0.2, 0.25) is 5.02 Å². The molecule has 4 nitrogen and oxygen atoms in total. The van der Waals surface area contributed by atoms with Crippen molar-refractivity contribution in [3.05, 3.63) is 22.8 Å². The summed E-state index contributed by atoms with van der Waals surface area (Å²) >= 11 is 5.72. The standard InChI is InChI=1S/C8H9ClN2O2/c1-11(2)7-6(8(12)13)5(9)3-4-10-7/h3-4H,1-2H3,(H,12,13). The summed E-state index contributed by atoms with van der Waals surface area (Å²) in [6.45, 7) is 0. The molecule has 0 unspecified atom stereocenters. The molecule has 13 heavy (non-hydrogen) atoms. The molecule has 0 fully saturated rings. The highest BCUT2D eigenvalue weighted by Crippen LogP contribution is 2.23. The van der Waals surface area contributed by atoms with Crippen molar-refractivity contribution in [3.8, 4) is 0 Å². The third-order valence-electron chi connectivity index (χ3n) is 1.52. The lowest BCUT2D eigenvalue weighted by Crippen LogP contribution is -2.15. The molecule has 1 aromatic rings. The predicted octanol–water partition coefficient (Wildman–Crippen LogP) is 1.50. The molecule has 0 aliphatic rings. The van der Waals surface area contributed by atoms with Gasteiger partial charge in [0.25, 0.3) is 0 Å². The first-order chi connectivity index (χ1) is 6.04. The van der Waals surface area contributed by atoms with E-state index in [0.717, 1.165) is 0 Å². The Bertz CT molecular complexity index is 339. The average Bonchev–Trinajstić information content (AvgIpc) is 2.02. The fraction of sp³-hybridized carbons (Fsp3) is 0.250. The van der Waals surface area contributed by atoms with Crippen molar-refractivity contribution in [3.63, 3.8) is 0 Å². The van der Waals surface area contributed by atoms with Crippen molar-refractivity contribution in [2.24, 2.45) is 0 Å². The first-order valence-corrected chi connectivity index (χ1v) is 3.97. The van der Waals surface area contributed by atoms with Crippen molar-refractivity contribution in [1.82, 2.24) is 4.98 Å². The number of pyridine rings is 1. The van der Waals surface area contributed by atoms with Crippen molar-refractivity contribution >= 4 is 23.4 Å². The second kappa shape index (κ2) is 3.62. The Hall–Kier alpha value is -1.29. The monoisotopic (exact) mass is 200 g/mol. The van der Waals surface area contributed by atoms with E-state index in [2.05, 4.69) is 4.98 Å². The minimum atomic E-state index is -1.07. The lowest BCUT2D eigenvalue weighted by Gasteiger charge is -2.14. The summed E-state index contributed by atoms with van der Waals surface area (Å²) < 4.78 is 0. The van der Waals surface area contributed by atoms with Crippen LogP contribution in [0.3, 0.4) is 0 Å². The first kappa shape index (κ1) is 9.80. The fourth-order valence-corrected chi connectivity index (χ4v) is 1.19. The third-order valence-corrected chi connectivity index (χ3v) is 1.83. The van der Waals surface area contributed by atoms with Gasteiger partial charge in [0, 0.05) is 20.3 Å². The van der Waals surface area contributed by atoms with Crippen molar-refractivity contribution in [1.29, 1.82) is 0 Å². The van der Waals surface area contributed by atoms with Gasteiger partial charge >= 0.3 is 5.97 Å². The number of aromatic carboxylic acids is 1. The van der Waals surface area contributed by atoms with Crippen LogP contribution in [0.25, 0.3) is 0 Å². The summed E-state index contributed by atoms with van der Waals surface area (Å²) in [5.74, 6) is -0.707. The van der Waals surface area contributed by atoms with Gasteiger partial charge in [-0.1, -0.05) is 11.6 Å². The van der Waals surface area contributed by atoms with Crippen LogP contribution in [-0.4, -0.2) is 30.2 Å². The summed E-state index contributed by atoms with van der Waals surface area (Å²) in [5, 5.41) is 9.04. The number of hydrogen-bond donors (Lipinski definition) is 1. The molecule has 0 saturated heterocycles. The van der Waals surface area contributed by atoms with Gasteiger partial charge in [0.05, 0.1) is 5.02 Å². The molecule has 0 aliphatic heterocycles. The number of rotatable bonds is 2. The molecule has 0 atom stereocenters. The number of hydrogen-bond acceptors (Lipinski definition) is 3. The minimum Gasteiger partial charge on any atom is -0.478 e. The second-order valence-corrected chi connectivity index (χ2v) is 3.10. The molecule has 1 N–H and O–H groups in total. The van der Waals surface area contributed by atoms with Crippen molar-refractivity contribution in [2.75, 3.05) is 19.0 Å². The molecule has 0 spiro atoms. The number of halogens is 1. The average molecular weight is 201 g/mol. The maximum Gasteiger partial charge on any atom is 0.341 e. The number of carboxylic acid groups (broad SMARTS) is 1. The zero-order valence-electron chi connectivity index (χ0n) is 7.28. The maximum absolute atomic E-state index is 10.8. The molecule has 0 aliphatic carbocycles. The Morgan fingerprint density at radius 1 is 1.62 bits per heavy atom. The van der Waals surface area contributed by atoms with Crippen LogP contribution < -0.4 is 4.90 Å². The molecule has 0 saturated carbocycles. The molecular formula is C8H9ClN2O2. The number of aromatic nitrogens is 1. The second-order valence-electron chi connectivity index (χ2n) is 2.69. The van der Waals surface area contributed by atoms with Gasteiger partial charge in [0.1, 0.15) is 11.4 Å². The van der Waals surface area contributed by atoms with Crippen LogP contribution in [0, 0.1) is 0 Å². The Morgan fingerprint density at radius 2 is 2.23 bits per heavy atom. The number of anilines is 1. The topological polar surface area (TPSA) is 53.4 Å². The molecule has 70 valence electrons. The van der Waals surface area contributed by atoms with Crippen LogP contribution >= 0.6 is 11.6 Å². The van der Waals surface area contributed by atoms with Crippen molar-refractivity contribution in [2.45, 2.75) is 0 Å². The van der Waals surface area contributed by atoms with Gasteiger partial charge in [-0.2, -0.15) is 0 Å². The van der Waals surface area contributed by atoms with Gasteiger partial charge in [0.15, 0.2) is 0 Å². The Kier molecular flexibility index (Phi) is 2.72. The molecule has 5 heteroatoms. The van der Waals surface area contributed by atoms with Gasteiger partial charge in [-0.3, -0.25) is 0 Å². The van der Waals surface area contributed by atoms with Gasteiger partial charge in [-0.05, 0) is 6.07 Å². The molecule has 0 bridgehead atoms. The molecule has 0 aromatic carbocycles. The van der Waals surface area contributed by atoms with Crippen molar-refractivity contribution < 1.29 is 9.90 Å². The Balaban J connectivity index is 3.34. The molecular weight excluding hydrogens is 192 g/mol. The number of carbonyl (C=O) groups is 1. The van der Waals surface area contributed by atoms with E-state index in [0.29, 0.717) is 5.82 Å². The van der Waals surface area contributed by atoms with E-state index in [1.165, 1.54) is 12.3 Å². The molecule has 0 amide bonds. The summed E-state index contributed by atoms with van der Waals surface area (Å²) in [5.41, 5.74) is 0.0363. The van der Waals surface area contributed by atoms with E-state index in [4.69, 9.17) is 16.7 Å². The molecule has 1 heterocycles. The fourth-order valence-electron chi connectivity index (χ4n) is 0.965. The van der Waals surface area contributed by atoms with Crippen LogP contribution in [0.5, 0.6) is 0 Å². The zero-order valence-corrected chi connectivity index (χ0v) is 8.04. The van der Waals surface area contributed by atoms with Gasteiger partial charge in [-0.25, -0.2) is 9.78 Å². The normalized spacial score (nSPS) is 9.77. The largest absolute Gasteiger partial charge is 0.478 e. The van der Waals surface area contributed by atoms with Crippen LogP contribution in [0.4, 0.5) is 5.82 Å². The van der Waals surface area contributed by atoms with Gasteiger partial charge in [0.2, 0.25) is 0 Å². The van der Waals surface area contributed by atoms with E-state index in [9.17, 15) is 4.79 Å². The van der Waals surface area contributed by atoms with E-state index in [-0.39, 0.29) is 10.6 Å². The van der Waals surface area contributed by atoms with Gasteiger partial charge < -0.3 is 10.0 Å². The first-order valence-electron chi connectivity index (χ1n) is 3.59.